The molecule has 1 aliphatic heterocycles. The van der Waals surface area contributed by atoms with Gasteiger partial charge in [0.1, 0.15) is 18.1 Å². The fourth-order valence-corrected chi connectivity index (χ4v) is 3.30. The molecule has 0 aliphatic carbocycles. The van der Waals surface area contributed by atoms with E-state index in [4.69, 9.17) is 13.9 Å². The first-order valence-electron chi connectivity index (χ1n) is 8.57. The van der Waals surface area contributed by atoms with Crippen molar-refractivity contribution in [3.63, 3.8) is 0 Å². The van der Waals surface area contributed by atoms with Gasteiger partial charge in [-0.2, -0.15) is 0 Å². The van der Waals surface area contributed by atoms with Crippen molar-refractivity contribution in [3.8, 4) is 23.0 Å². The van der Waals surface area contributed by atoms with Crippen molar-refractivity contribution in [3.05, 3.63) is 47.5 Å². The number of thiazole rings is 1. The number of para-hydroxylation sites is 2. The summed E-state index contributed by atoms with van der Waals surface area (Å²) in [6, 6.07) is 10.8. The highest BCUT2D eigenvalue weighted by atomic mass is 32.1. The van der Waals surface area contributed by atoms with E-state index in [1.807, 2.05) is 12.1 Å². The van der Waals surface area contributed by atoms with Gasteiger partial charge >= 0.3 is 0 Å². The number of furan rings is 1. The van der Waals surface area contributed by atoms with Gasteiger partial charge in [0.2, 0.25) is 12.0 Å². The van der Waals surface area contributed by atoms with Gasteiger partial charge < -0.3 is 19.2 Å². The van der Waals surface area contributed by atoms with Crippen molar-refractivity contribution in [1.29, 1.82) is 0 Å². The SMILES string of the molecule is CC(=O)NCc1ccc(-c2csc(NC(=O)C3COc4ccccc4O3)n2)o1. The Morgan fingerprint density at radius 1 is 1.21 bits per heavy atom. The van der Waals surface area contributed by atoms with Gasteiger partial charge in [0, 0.05) is 12.3 Å². The van der Waals surface area contributed by atoms with E-state index in [9.17, 15) is 9.59 Å². The minimum atomic E-state index is -0.755. The predicted molar refractivity (Wildman–Crippen MR) is 102 cm³/mol. The fraction of sp³-hybridized carbons (Fsp3) is 0.211. The van der Waals surface area contributed by atoms with E-state index in [0.717, 1.165) is 0 Å². The Kier molecular flexibility index (Phi) is 4.98. The van der Waals surface area contributed by atoms with Crippen LogP contribution in [0.5, 0.6) is 11.5 Å². The number of nitrogens with zero attached hydrogens (tertiary/aromatic N) is 1. The van der Waals surface area contributed by atoms with Crippen molar-refractivity contribution in [2.75, 3.05) is 11.9 Å². The Bertz CT molecular complexity index is 1010. The molecule has 4 rings (SSSR count). The second kappa shape index (κ2) is 7.73. The van der Waals surface area contributed by atoms with Gasteiger partial charge in [0.25, 0.3) is 5.91 Å². The zero-order valence-electron chi connectivity index (χ0n) is 14.9. The summed E-state index contributed by atoms with van der Waals surface area (Å²) in [6.45, 7) is 1.88. The highest BCUT2D eigenvalue weighted by Crippen LogP contribution is 2.31. The number of fused-ring (bicyclic) bond motifs is 1. The quantitative estimate of drug-likeness (QED) is 0.684. The van der Waals surface area contributed by atoms with Gasteiger partial charge in [0.15, 0.2) is 22.4 Å². The van der Waals surface area contributed by atoms with Gasteiger partial charge in [0.05, 0.1) is 6.54 Å². The van der Waals surface area contributed by atoms with Crippen molar-refractivity contribution in [2.45, 2.75) is 19.6 Å². The molecule has 0 bridgehead atoms. The first-order valence-corrected chi connectivity index (χ1v) is 9.45. The topological polar surface area (TPSA) is 103 Å². The summed E-state index contributed by atoms with van der Waals surface area (Å²) in [5.74, 6) is 1.87. The number of nitrogens with one attached hydrogen (secondary N) is 2. The van der Waals surface area contributed by atoms with Gasteiger partial charge in [-0.3, -0.25) is 14.9 Å². The molecule has 0 fully saturated rings. The highest BCUT2D eigenvalue weighted by Gasteiger charge is 2.28. The second-order valence-electron chi connectivity index (χ2n) is 6.07. The molecule has 9 heteroatoms. The molecule has 1 unspecified atom stereocenters. The van der Waals surface area contributed by atoms with Gasteiger partial charge in [-0.15, -0.1) is 11.3 Å². The number of rotatable bonds is 5. The van der Waals surface area contributed by atoms with Crippen LogP contribution in [0.3, 0.4) is 0 Å². The number of ether oxygens (including phenoxy) is 2. The summed E-state index contributed by atoms with van der Waals surface area (Å²) >= 11 is 1.28. The largest absolute Gasteiger partial charge is 0.485 e. The summed E-state index contributed by atoms with van der Waals surface area (Å²) in [5, 5.41) is 7.63. The molecule has 3 heterocycles. The third-order valence-corrected chi connectivity index (χ3v) is 4.72. The Balaban J connectivity index is 1.38. The number of amides is 2. The average molecular weight is 399 g/mol. The van der Waals surface area contributed by atoms with Crippen LogP contribution in [0.1, 0.15) is 12.7 Å². The summed E-state index contributed by atoms with van der Waals surface area (Å²) in [7, 11) is 0. The zero-order chi connectivity index (χ0) is 19.5. The summed E-state index contributed by atoms with van der Waals surface area (Å²) in [4.78, 5) is 27.8. The molecule has 2 N–H and O–H groups in total. The number of anilines is 1. The molecular formula is C19H17N3O5S. The van der Waals surface area contributed by atoms with Crippen molar-refractivity contribution >= 4 is 28.3 Å². The lowest BCUT2D eigenvalue weighted by Crippen LogP contribution is -2.40. The van der Waals surface area contributed by atoms with E-state index in [1.165, 1.54) is 18.3 Å². The Morgan fingerprint density at radius 2 is 2.04 bits per heavy atom. The lowest BCUT2D eigenvalue weighted by molar-refractivity contribution is -0.125. The molecule has 1 aliphatic rings. The molecule has 0 saturated carbocycles. The maximum absolute atomic E-state index is 12.5. The summed E-state index contributed by atoms with van der Waals surface area (Å²) < 4.78 is 16.9. The fourth-order valence-electron chi connectivity index (χ4n) is 2.60. The maximum atomic E-state index is 12.5. The minimum Gasteiger partial charge on any atom is -0.485 e. The van der Waals surface area contributed by atoms with Crippen LogP contribution >= 0.6 is 11.3 Å². The Morgan fingerprint density at radius 3 is 2.86 bits per heavy atom. The van der Waals surface area contributed by atoms with Crippen LogP contribution in [0.4, 0.5) is 5.13 Å². The monoisotopic (exact) mass is 399 g/mol. The van der Waals surface area contributed by atoms with Gasteiger partial charge in [-0.05, 0) is 24.3 Å². The summed E-state index contributed by atoms with van der Waals surface area (Å²) in [5.41, 5.74) is 0.598. The molecule has 1 aromatic carbocycles. The molecule has 2 aromatic heterocycles. The number of benzene rings is 1. The third-order valence-electron chi connectivity index (χ3n) is 3.96. The van der Waals surface area contributed by atoms with Crippen LogP contribution in [0.2, 0.25) is 0 Å². The molecule has 0 radical (unpaired) electrons. The minimum absolute atomic E-state index is 0.131. The van der Waals surface area contributed by atoms with Crippen molar-refractivity contribution in [1.82, 2.24) is 10.3 Å². The number of carbonyl (C=O) groups excluding carboxylic acids is 2. The molecule has 8 nitrogen and oxygen atoms in total. The zero-order valence-corrected chi connectivity index (χ0v) is 15.7. The predicted octanol–water partition coefficient (Wildman–Crippen LogP) is 2.82. The maximum Gasteiger partial charge on any atom is 0.270 e. The van der Waals surface area contributed by atoms with Crippen LogP contribution in [0.15, 0.2) is 46.2 Å². The molecule has 0 saturated heterocycles. The van der Waals surface area contributed by atoms with E-state index < -0.39 is 6.10 Å². The second-order valence-corrected chi connectivity index (χ2v) is 6.93. The van der Waals surface area contributed by atoms with Crippen LogP contribution in [-0.2, 0) is 16.1 Å². The normalized spacial score (nSPS) is 15.1. The molecule has 28 heavy (non-hydrogen) atoms. The Hall–Kier alpha value is -3.33. The summed E-state index contributed by atoms with van der Waals surface area (Å²) in [6.07, 6.45) is -0.755. The molecule has 1 atom stereocenters. The van der Waals surface area contributed by atoms with Gasteiger partial charge in [-0.25, -0.2) is 4.98 Å². The molecular weight excluding hydrogens is 382 g/mol. The number of hydrogen-bond donors (Lipinski definition) is 2. The van der Waals surface area contributed by atoms with E-state index in [1.54, 1.807) is 29.6 Å². The first-order chi connectivity index (χ1) is 13.6. The van der Waals surface area contributed by atoms with Crippen LogP contribution < -0.4 is 20.1 Å². The molecule has 0 spiro atoms. The van der Waals surface area contributed by atoms with E-state index in [2.05, 4.69) is 15.6 Å². The van der Waals surface area contributed by atoms with E-state index in [-0.39, 0.29) is 18.4 Å². The molecule has 3 aromatic rings. The number of hydrogen-bond acceptors (Lipinski definition) is 7. The highest BCUT2D eigenvalue weighted by molar-refractivity contribution is 7.14. The molecule has 144 valence electrons. The third kappa shape index (κ3) is 3.99. The number of aromatic nitrogens is 1. The van der Waals surface area contributed by atoms with Crippen LogP contribution in [0, 0.1) is 0 Å². The molecule has 2 amide bonds. The Labute approximate surface area is 164 Å². The van der Waals surface area contributed by atoms with Crippen LogP contribution in [0.25, 0.3) is 11.5 Å². The van der Waals surface area contributed by atoms with Crippen molar-refractivity contribution in [2.24, 2.45) is 0 Å². The lowest BCUT2D eigenvalue weighted by Gasteiger charge is -2.25. The lowest BCUT2D eigenvalue weighted by atomic mass is 10.2. The van der Waals surface area contributed by atoms with E-state index in [0.29, 0.717) is 40.4 Å². The van der Waals surface area contributed by atoms with Crippen LogP contribution in [-0.4, -0.2) is 29.5 Å². The average Bonchev–Trinajstić information content (AvgIpc) is 3.35. The van der Waals surface area contributed by atoms with E-state index >= 15 is 0 Å². The van der Waals surface area contributed by atoms with Gasteiger partial charge in [-0.1, -0.05) is 12.1 Å². The van der Waals surface area contributed by atoms with Crippen molar-refractivity contribution < 1.29 is 23.5 Å². The standard InChI is InChI=1S/C19H17N3O5S/c1-11(23)20-8-12-6-7-14(26-12)13-10-28-19(21-13)22-18(24)17-9-25-15-4-2-3-5-16(15)27-17/h2-7,10,17H,8-9H2,1H3,(H,20,23)(H,21,22,24). The number of carbonyl (C=O) groups is 2. The first kappa shape index (κ1) is 18.1. The smallest absolute Gasteiger partial charge is 0.270 e.